The number of hydrogen-bond donors (Lipinski definition) is 3. The van der Waals surface area contributed by atoms with Gasteiger partial charge in [0.15, 0.2) is 0 Å². The van der Waals surface area contributed by atoms with Gasteiger partial charge >= 0.3 is 0 Å². The molecule has 1 aliphatic carbocycles. The Hall–Kier alpha value is -1.92. The fraction of sp³-hybridized carbons (Fsp3) is 0.600. The first-order chi connectivity index (χ1) is 12.6. The molecule has 1 aliphatic heterocycles. The molecule has 3 rings (SSSR count). The SMILES string of the molecule is NC(C(=O)Nc1cccc(NC(=O)C2CCCCC2)c1)C1CCOCC1. The van der Waals surface area contributed by atoms with Gasteiger partial charge in [0, 0.05) is 30.5 Å². The van der Waals surface area contributed by atoms with Gasteiger partial charge in [-0.15, -0.1) is 0 Å². The minimum absolute atomic E-state index is 0.0760. The molecule has 2 aliphatic rings. The van der Waals surface area contributed by atoms with Crippen LogP contribution in [0.25, 0.3) is 0 Å². The maximum absolute atomic E-state index is 12.4. The molecule has 6 nitrogen and oxygen atoms in total. The molecule has 1 atom stereocenters. The summed E-state index contributed by atoms with van der Waals surface area (Å²) in [6, 6.07) is 6.72. The molecule has 1 saturated heterocycles. The van der Waals surface area contributed by atoms with Gasteiger partial charge in [-0.05, 0) is 49.8 Å². The van der Waals surface area contributed by atoms with Crippen molar-refractivity contribution < 1.29 is 14.3 Å². The molecule has 4 N–H and O–H groups in total. The Morgan fingerprint density at radius 2 is 1.65 bits per heavy atom. The molecule has 0 radical (unpaired) electrons. The summed E-state index contributed by atoms with van der Waals surface area (Å²) < 4.78 is 5.32. The molecule has 26 heavy (non-hydrogen) atoms. The van der Waals surface area contributed by atoms with Crippen molar-refractivity contribution in [2.24, 2.45) is 17.6 Å². The summed E-state index contributed by atoms with van der Waals surface area (Å²) in [5.41, 5.74) is 7.48. The molecule has 2 fully saturated rings. The lowest BCUT2D eigenvalue weighted by Crippen LogP contribution is -2.44. The molecule has 0 aromatic heterocycles. The lowest BCUT2D eigenvalue weighted by molar-refractivity contribution is -0.121. The number of nitrogens with one attached hydrogen (secondary N) is 2. The highest BCUT2D eigenvalue weighted by Crippen LogP contribution is 2.26. The van der Waals surface area contributed by atoms with Gasteiger partial charge in [0.2, 0.25) is 11.8 Å². The molecular formula is C20H29N3O3. The molecule has 1 aromatic carbocycles. The van der Waals surface area contributed by atoms with E-state index in [0.717, 1.165) is 38.5 Å². The number of amides is 2. The monoisotopic (exact) mass is 359 g/mol. The van der Waals surface area contributed by atoms with Crippen molar-refractivity contribution in [3.63, 3.8) is 0 Å². The Morgan fingerprint density at radius 3 is 2.35 bits per heavy atom. The van der Waals surface area contributed by atoms with Gasteiger partial charge < -0.3 is 21.1 Å². The van der Waals surface area contributed by atoms with Crippen LogP contribution in [0.15, 0.2) is 24.3 Å². The normalized spacial score (nSPS) is 20.3. The Labute approximate surface area is 154 Å². The van der Waals surface area contributed by atoms with Gasteiger partial charge in [0.05, 0.1) is 6.04 Å². The fourth-order valence-corrected chi connectivity index (χ4v) is 3.80. The predicted octanol–water partition coefficient (Wildman–Crippen LogP) is 2.90. The largest absolute Gasteiger partial charge is 0.381 e. The van der Waals surface area contributed by atoms with Crippen LogP contribution in [0.1, 0.15) is 44.9 Å². The first-order valence-electron chi connectivity index (χ1n) is 9.68. The van der Waals surface area contributed by atoms with Crippen LogP contribution in [0, 0.1) is 11.8 Å². The van der Waals surface area contributed by atoms with Crippen LogP contribution in [-0.4, -0.2) is 31.1 Å². The summed E-state index contributed by atoms with van der Waals surface area (Å²) in [5, 5.41) is 5.86. The summed E-state index contributed by atoms with van der Waals surface area (Å²) in [4.78, 5) is 24.8. The highest BCUT2D eigenvalue weighted by Gasteiger charge is 2.26. The third kappa shape index (κ3) is 5.05. The molecular weight excluding hydrogens is 330 g/mol. The second kappa shape index (κ2) is 9.14. The van der Waals surface area contributed by atoms with Crippen molar-refractivity contribution in [2.75, 3.05) is 23.8 Å². The van der Waals surface area contributed by atoms with E-state index < -0.39 is 6.04 Å². The lowest BCUT2D eigenvalue weighted by Gasteiger charge is -2.26. The number of benzene rings is 1. The first-order valence-corrected chi connectivity index (χ1v) is 9.68. The van der Waals surface area contributed by atoms with Crippen LogP contribution in [0.4, 0.5) is 11.4 Å². The summed E-state index contributed by atoms with van der Waals surface area (Å²) >= 11 is 0. The van der Waals surface area contributed by atoms with Crippen molar-refractivity contribution in [1.29, 1.82) is 0 Å². The minimum atomic E-state index is -0.542. The van der Waals surface area contributed by atoms with Crippen LogP contribution in [-0.2, 0) is 14.3 Å². The van der Waals surface area contributed by atoms with E-state index in [1.807, 2.05) is 18.2 Å². The number of carbonyl (C=O) groups is 2. The van der Waals surface area contributed by atoms with E-state index in [0.29, 0.717) is 24.6 Å². The molecule has 1 heterocycles. The Bertz CT molecular complexity index is 622. The summed E-state index contributed by atoms with van der Waals surface area (Å²) in [6.07, 6.45) is 7.01. The van der Waals surface area contributed by atoms with Gasteiger partial charge in [0.25, 0.3) is 0 Å². The Morgan fingerprint density at radius 1 is 1.00 bits per heavy atom. The maximum atomic E-state index is 12.4. The van der Waals surface area contributed by atoms with E-state index in [2.05, 4.69) is 10.6 Å². The standard InChI is InChI=1S/C20H29N3O3/c21-18(14-9-11-26-12-10-14)20(25)23-17-8-4-7-16(13-17)22-19(24)15-5-2-1-3-6-15/h4,7-8,13-15,18H,1-3,5-6,9-12,21H2,(H,22,24)(H,23,25). The predicted molar refractivity (Wildman–Crippen MR) is 102 cm³/mol. The third-order valence-corrected chi connectivity index (χ3v) is 5.45. The van der Waals surface area contributed by atoms with Crippen molar-refractivity contribution in [1.82, 2.24) is 0 Å². The van der Waals surface area contributed by atoms with E-state index >= 15 is 0 Å². The zero-order valence-corrected chi connectivity index (χ0v) is 15.2. The number of ether oxygens (including phenoxy) is 1. The van der Waals surface area contributed by atoms with Crippen LogP contribution < -0.4 is 16.4 Å². The van der Waals surface area contributed by atoms with Gasteiger partial charge in [-0.25, -0.2) is 0 Å². The third-order valence-electron chi connectivity index (χ3n) is 5.45. The topological polar surface area (TPSA) is 93.5 Å². The van der Waals surface area contributed by atoms with E-state index in [-0.39, 0.29) is 23.7 Å². The fourth-order valence-electron chi connectivity index (χ4n) is 3.80. The highest BCUT2D eigenvalue weighted by atomic mass is 16.5. The van der Waals surface area contributed by atoms with E-state index in [4.69, 9.17) is 10.5 Å². The van der Waals surface area contributed by atoms with Gasteiger partial charge in [-0.3, -0.25) is 9.59 Å². The number of hydrogen-bond acceptors (Lipinski definition) is 4. The van der Waals surface area contributed by atoms with Gasteiger partial charge in [0.1, 0.15) is 0 Å². The summed E-state index contributed by atoms with van der Waals surface area (Å²) in [6.45, 7) is 1.32. The van der Waals surface area contributed by atoms with E-state index in [1.165, 1.54) is 6.42 Å². The summed E-state index contributed by atoms with van der Waals surface area (Å²) in [5.74, 6) is 0.140. The number of anilines is 2. The zero-order chi connectivity index (χ0) is 18.4. The van der Waals surface area contributed by atoms with Crippen LogP contribution >= 0.6 is 0 Å². The molecule has 142 valence electrons. The Kier molecular flexibility index (Phi) is 6.63. The molecule has 6 heteroatoms. The lowest BCUT2D eigenvalue weighted by atomic mass is 9.88. The van der Waals surface area contributed by atoms with Crippen molar-refractivity contribution in [3.05, 3.63) is 24.3 Å². The number of carbonyl (C=O) groups excluding carboxylic acids is 2. The molecule has 0 bridgehead atoms. The summed E-state index contributed by atoms with van der Waals surface area (Å²) in [7, 11) is 0. The average Bonchev–Trinajstić information content (AvgIpc) is 2.69. The molecule has 0 spiro atoms. The minimum Gasteiger partial charge on any atom is -0.381 e. The average molecular weight is 359 g/mol. The second-order valence-corrected chi connectivity index (χ2v) is 7.37. The van der Waals surface area contributed by atoms with Gasteiger partial charge in [-0.2, -0.15) is 0 Å². The smallest absolute Gasteiger partial charge is 0.241 e. The van der Waals surface area contributed by atoms with Crippen LogP contribution in [0.3, 0.4) is 0 Å². The van der Waals surface area contributed by atoms with Crippen LogP contribution in [0.5, 0.6) is 0 Å². The van der Waals surface area contributed by atoms with Crippen molar-refractivity contribution in [2.45, 2.75) is 51.0 Å². The molecule has 1 aromatic rings. The maximum Gasteiger partial charge on any atom is 0.241 e. The zero-order valence-electron chi connectivity index (χ0n) is 15.2. The highest BCUT2D eigenvalue weighted by molar-refractivity contribution is 5.97. The molecule has 1 unspecified atom stereocenters. The van der Waals surface area contributed by atoms with Crippen molar-refractivity contribution in [3.8, 4) is 0 Å². The second-order valence-electron chi connectivity index (χ2n) is 7.37. The quantitative estimate of drug-likeness (QED) is 0.753. The van der Waals surface area contributed by atoms with Crippen molar-refractivity contribution >= 4 is 23.2 Å². The van der Waals surface area contributed by atoms with Gasteiger partial charge in [-0.1, -0.05) is 25.3 Å². The number of nitrogens with two attached hydrogens (primary N) is 1. The Balaban J connectivity index is 1.56. The van der Waals surface area contributed by atoms with Crippen LogP contribution in [0.2, 0.25) is 0 Å². The van der Waals surface area contributed by atoms with E-state index in [1.54, 1.807) is 6.07 Å². The number of rotatable bonds is 5. The van der Waals surface area contributed by atoms with E-state index in [9.17, 15) is 9.59 Å². The first kappa shape index (κ1) is 18.9. The molecule has 2 amide bonds. The molecule has 1 saturated carbocycles.